The lowest BCUT2D eigenvalue weighted by Crippen LogP contribution is -2.51. The molecule has 0 heterocycles. The topological polar surface area (TPSA) is 35.5 Å². The van der Waals surface area contributed by atoms with Gasteiger partial charge in [-0.25, -0.2) is 0 Å². The van der Waals surface area contributed by atoms with E-state index in [0.717, 1.165) is 30.9 Å². The lowest BCUT2D eigenvalue weighted by atomic mass is 9.47. The Kier molecular flexibility index (Phi) is 10.4. The Morgan fingerprint density at radius 3 is 2.48 bits per heavy atom. The average Bonchev–Trinajstić information content (AvgIpc) is 2.74. The quantitative estimate of drug-likeness (QED) is 0.398. The number of rotatable bonds is 6. The van der Waals surface area contributed by atoms with Crippen LogP contribution in [0.2, 0.25) is 0 Å². The van der Waals surface area contributed by atoms with Crippen LogP contribution in [0.1, 0.15) is 101 Å². The first-order valence-corrected chi connectivity index (χ1v) is 12.3. The van der Waals surface area contributed by atoms with Crippen molar-refractivity contribution in [3.8, 4) is 0 Å². The Balaban J connectivity index is 0.00000156. The van der Waals surface area contributed by atoms with Crippen molar-refractivity contribution in [1.29, 1.82) is 0 Å². The predicted molar refractivity (Wildman–Crippen MR) is 132 cm³/mol. The van der Waals surface area contributed by atoms with E-state index in [0.29, 0.717) is 30.8 Å². The van der Waals surface area contributed by atoms with E-state index in [-0.39, 0.29) is 24.2 Å². The summed E-state index contributed by atoms with van der Waals surface area (Å²) in [5, 5.41) is 0. The van der Waals surface area contributed by atoms with Gasteiger partial charge >= 0.3 is 5.97 Å². The molecule has 3 aliphatic carbocycles. The molecule has 5 unspecified atom stereocenters. The van der Waals surface area contributed by atoms with Crippen LogP contribution in [-0.4, -0.2) is 19.7 Å². The van der Waals surface area contributed by atoms with Gasteiger partial charge < -0.3 is 9.47 Å². The van der Waals surface area contributed by atoms with Gasteiger partial charge in [-0.2, -0.15) is 0 Å². The lowest BCUT2D eigenvalue weighted by molar-refractivity contribution is -0.152. The van der Waals surface area contributed by atoms with E-state index in [1.165, 1.54) is 24.8 Å². The highest BCUT2D eigenvalue weighted by Crippen LogP contribution is 2.61. The molecule has 0 amide bonds. The molecule has 3 heteroatoms. The number of methoxy groups -OCH3 is 1. The first-order chi connectivity index (χ1) is 14.2. The molecule has 0 aromatic carbocycles. The Morgan fingerprint density at radius 2 is 1.90 bits per heavy atom. The number of hydrogen-bond donors (Lipinski definition) is 0. The molecule has 0 spiro atoms. The number of esters is 1. The average molecular weight is 435 g/mol. The van der Waals surface area contributed by atoms with Crippen LogP contribution in [0.3, 0.4) is 0 Å². The second-order valence-electron chi connectivity index (χ2n) is 10.3. The molecule has 0 aromatic rings. The second kappa shape index (κ2) is 11.6. The molecule has 3 nitrogen and oxygen atoms in total. The highest BCUT2D eigenvalue weighted by molar-refractivity contribution is 5.68. The largest absolute Gasteiger partial charge is 0.501 e. The molecule has 3 rings (SSSR count). The summed E-state index contributed by atoms with van der Waals surface area (Å²) < 4.78 is 11.3. The molecule has 1 saturated carbocycles. The van der Waals surface area contributed by atoms with Crippen molar-refractivity contribution in [3.05, 3.63) is 23.5 Å². The molecular formula is C28H50O3. The van der Waals surface area contributed by atoms with Gasteiger partial charge in [0.05, 0.1) is 19.5 Å². The summed E-state index contributed by atoms with van der Waals surface area (Å²) in [6.45, 7) is 16.0. The van der Waals surface area contributed by atoms with Gasteiger partial charge in [-0.15, -0.1) is 0 Å². The summed E-state index contributed by atoms with van der Waals surface area (Å²) in [4.78, 5) is 11.9. The van der Waals surface area contributed by atoms with E-state index in [1.807, 2.05) is 20.8 Å². The fraction of sp³-hybridized carbons (Fsp3) is 0.821. The van der Waals surface area contributed by atoms with Crippen LogP contribution in [0.15, 0.2) is 23.5 Å². The van der Waals surface area contributed by atoms with Crippen molar-refractivity contribution < 1.29 is 14.3 Å². The minimum atomic E-state index is -0.0612. The maximum Gasteiger partial charge on any atom is 0.305 e. The van der Waals surface area contributed by atoms with Crippen molar-refractivity contribution in [2.45, 2.75) is 101 Å². The summed E-state index contributed by atoms with van der Waals surface area (Å²) in [5.74, 6) is 3.75. The molecule has 31 heavy (non-hydrogen) atoms. The highest BCUT2D eigenvalue weighted by atomic mass is 16.5. The van der Waals surface area contributed by atoms with E-state index >= 15 is 0 Å². The molecule has 0 saturated heterocycles. The van der Waals surface area contributed by atoms with E-state index in [9.17, 15) is 4.79 Å². The molecule has 0 bridgehead atoms. The summed E-state index contributed by atoms with van der Waals surface area (Å²) in [5.41, 5.74) is 1.86. The maximum atomic E-state index is 11.9. The Hall–Kier alpha value is -1.25. The van der Waals surface area contributed by atoms with Gasteiger partial charge in [0.1, 0.15) is 0 Å². The number of ether oxygens (including phenoxy) is 2. The first kappa shape index (κ1) is 27.8. The summed E-state index contributed by atoms with van der Waals surface area (Å²) in [7, 11) is 1.79. The SMILES string of the molecule is C.CC.CCC(=O)OCC1(C)CCC2C(CC=C3C=C(OC)CCC32C)C1CC(C)C. The molecule has 5 atom stereocenters. The second-order valence-corrected chi connectivity index (χ2v) is 10.3. The smallest absolute Gasteiger partial charge is 0.305 e. The Bertz CT molecular complexity index is 647. The van der Waals surface area contributed by atoms with E-state index in [1.54, 1.807) is 7.11 Å². The number of fused-ring (bicyclic) bond motifs is 3. The maximum absolute atomic E-state index is 11.9. The zero-order valence-electron chi connectivity index (χ0n) is 20.8. The standard InChI is InChI=1S/C25H40O3.C2H6.CH4/c1-7-23(26)28-16-24(4)12-11-21-20(22(24)14-17(2)3)9-8-18-15-19(27-6)10-13-25(18,21)5;1-2;/h8,15,17,20-22H,7,9-14,16H2,1-6H3;1-2H3;1H4. The molecule has 1 fully saturated rings. The van der Waals surface area contributed by atoms with Gasteiger partial charge in [-0.3, -0.25) is 4.79 Å². The third-order valence-electron chi connectivity index (χ3n) is 8.09. The van der Waals surface area contributed by atoms with E-state index < -0.39 is 0 Å². The van der Waals surface area contributed by atoms with Gasteiger partial charge in [-0.1, -0.05) is 62.0 Å². The molecule has 0 N–H and O–H groups in total. The number of carbonyl (C=O) groups excluding carboxylic acids is 1. The molecule has 3 aliphatic rings. The minimum absolute atomic E-state index is 0. The minimum Gasteiger partial charge on any atom is -0.501 e. The lowest BCUT2D eigenvalue weighted by Gasteiger charge is -2.57. The van der Waals surface area contributed by atoms with Crippen LogP contribution in [0.25, 0.3) is 0 Å². The van der Waals surface area contributed by atoms with Crippen LogP contribution in [-0.2, 0) is 14.3 Å². The zero-order chi connectivity index (χ0) is 22.5. The fourth-order valence-electron chi connectivity index (χ4n) is 6.35. The molecule has 0 aliphatic heterocycles. The van der Waals surface area contributed by atoms with Crippen LogP contribution >= 0.6 is 0 Å². The van der Waals surface area contributed by atoms with Gasteiger partial charge in [0.25, 0.3) is 0 Å². The predicted octanol–water partition coefficient (Wildman–Crippen LogP) is 7.96. The molecule has 0 aromatic heterocycles. The van der Waals surface area contributed by atoms with Crippen molar-refractivity contribution >= 4 is 5.97 Å². The van der Waals surface area contributed by atoms with Crippen molar-refractivity contribution in [3.63, 3.8) is 0 Å². The molecular weight excluding hydrogens is 384 g/mol. The van der Waals surface area contributed by atoms with E-state index in [2.05, 4.69) is 39.8 Å². The zero-order valence-corrected chi connectivity index (χ0v) is 20.8. The molecule has 0 radical (unpaired) electrons. The van der Waals surface area contributed by atoms with E-state index in [4.69, 9.17) is 9.47 Å². The van der Waals surface area contributed by atoms with Crippen LogP contribution < -0.4 is 0 Å². The normalized spacial score (nSPS) is 34.0. The number of hydrogen-bond acceptors (Lipinski definition) is 3. The fourth-order valence-corrected chi connectivity index (χ4v) is 6.35. The first-order valence-electron chi connectivity index (χ1n) is 12.3. The summed E-state index contributed by atoms with van der Waals surface area (Å²) >= 11 is 0. The third kappa shape index (κ3) is 5.76. The Labute approximate surface area is 193 Å². The Morgan fingerprint density at radius 1 is 1.23 bits per heavy atom. The molecule has 180 valence electrons. The number of allylic oxidation sites excluding steroid dienone is 4. The van der Waals surface area contributed by atoms with Gasteiger partial charge in [0, 0.05) is 18.3 Å². The van der Waals surface area contributed by atoms with Gasteiger partial charge in [0.2, 0.25) is 0 Å². The summed E-state index contributed by atoms with van der Waals surface area (Å²) in [6, 6.07) is 0. The van der Waals surface area contributed by atoms with Crippen molar-refractivity contribution in [2.75, 3.05) is 13.7 Å². The van der Waals surface area contributed by atoms with Crippen molar-refractivity contribution in [2.24, 2.45) is 34.5 Å². The van der Waals surface area contributed by atoms with Crippen molar-refractivity contribution in [1.82, 2.24) is 0 Å². The number of carbonyl (C=O) groups is 1. The van der Waals surface area contributed by atoms with Gasteiger partial charge in [-0.05, 0) is 72.8 Å². The monoisotopic (exact) mass is 434 g/mol. The van der Waals surface area contributed by atoms with Gasteiger partial charge in [0.15, 0.2) is 0 Å². The van der Waals surface area contributed by atoms with Crippen LogP contribution in [0.5, 0.6) is 0 Å². The third-order valence-corrected chi connectivity index (χ3v) is 8.09. The highest BCUT2D eigenvalue weighted by Gasteiger charge is 2.54. The van der Waals surface area contributed by atoms with Crippen LogP contribution in [0, 0.1) is 34.5 Å². The van der Waals surface area contributed by atoms with Crippen LogP contribution in [0.4, 0.5) is 0 Å². The summed E-state index contributed by atoms with van der Waals surface area (Å²) in [6.07, 6.45) is 12.3.